The van der Waals surface area contributed by atoms with Gasteiger partial charge in [0.15, 0.2) is 0 Å². The molecule has 0 spiro atoms. The first-order chi connectivity index (χ1) is 41.5. The molecule has 2 aliphatic carbocycles. The molecule has 0 bridgehead atoms. The third kappa shape index (κ3) is 11.0. The summed E-state index contributed by atoms with van der Waals surface area (Å²) in [5.74, 6) is 0. The maximum atomic E-state index is 2.57. The van der Waals surface area contributed by atoms with Crippen LogP contribution in [0.4, 0.5) is 51.2 Å². The lowest BCUT2D eigenvalue weighted by molar-refractivity contribution is 0.401. The van der Waals surface area contributed by atoms with Gasteiger partial charge in [0.05, 0.1) is 0 Å². The highest BCUT2D eigenvalue weighted by Crippen LogP contribution is 2.56. The maximum Gasteiger partial charge on any atom is 0.0467 e. The Morgan fingerprint density at radius 3 is 1.10 bits per heavy atom. The molecule has 2 aliphatic rings. The minimum absolute atomic E-state index is 0. The maximum absolute atomic E-state index is 2.57. The van der Waals surface area contributed by atoms with Crippen LogP contribution in [0.2, 0.25) is 0 Å². The Hall–Kier alpha value is -9.18. The van der Waals surface area contributed by atoms with Gasteiger partial charge in [0.25, 0.3) is 0 Å². The van der Waals surface area contributed by atoms with Crippen LogP contribution < -0.4 is 14.7 Å². The predicted octanol–water partition coefficient (Wildman–Crippen LogP) is 23.9. The van der Waals surface area contributed by atoms with Crippen LogP contribution in [0.15, 0.2) is 273 Å². The molecule has 11 aromatic rings. The molecule has 0 fully saturated rings. The average Bonchev–Trinajstić information content (AvgIpc) is 1.65. The van der Waals surface area contributed by atoms with Crippen LogP contribution in [-0.4, -0.2) is 0 Å². The molecule has 0 aromatic heterocycles. The van der Waals surface area contributed by atoms with Gasteiger partial charge in [-0.15, -0.1) is 0 Å². The van der Waals surface area contributed by atoms with Crippen LogP contribution in [0.3, 0.4) is 0 Å². The Labute approximate surface area is 502 Å². The van der Waals surface area contributed by atoms with Gasteiger partial charge >= 0.3 is 0 Å². The van der Waals surface area contributed by atoms with Crippen molar-refractivity contribution in [1.82, 2.24) is 0 Å². The van der Waals surface area contributed by atoms with Gasteiger partial charge in [-0.2, -0.15) is 0 Å². The smallest absolute Gasteiger partial charge is 0.0467 e. The van der Waals surface area contributed by atoms with Crippen molar-refractivity contribution in [2.75, 3.05) is 14.7 Å². The lowest BCUT2D eigenvalue weighted by Gasteiger charge is -2.34. The highest BCUT2D eigenvalue weighted by Gasteiger charge is 2.42. The van der Waals surface area contributed by atoms with E-state index in [0.29, 0.717) is 0 Å². The highest BCUT2D eigenvalue weighted by molar-refractivity contribution is 5.88. The quantitative estimate of drug-likeness (QED) is 0.0626. The van der Waals surface area contributed by atoms with E-state index in [1.54, 1.807) is 0 Å². The van der Waals surface area contributed by atoms with E-state index >= 15 is 0 Å². The molecule has 0 heterocycles. The van der Waals surface area contributed by atoms with Gasteiger partial charge in [0.2, 0.25) is 0 Å². The fourth-order valence-electron chi connectivity index (χ4n) is 13.4. The highest BCUT2D eigenvalue weighted by atomic mass is 15.2. The van der Waals surface area contributed by atoms with E-state index in [4.69, 9.17) is 0 Å². The van der Waals surface area contributed by atoms with Gasteiger partial charge in [-0.05, 0) is 202 Å². The molecule has 0 amide bonds. The molecule has 0 radical (unpaired) electrons. The number of para-hydroxylation sites is 3. The second-order valence-corrected chi connectivity index (χ2v) is 23.2. The zero-order valence-corrected chi connectivity index (χ0v) is 48.8. The Kier molecular flexibility index (Phi) is 15.9. The monoisotopic (exact) mass is 1090 g/mol. The average molecular weight is 1090 g/mol. The first-order valence-corrected chi connectivity index (χ1v) is 31.0. The summed E-state index contributed by atoms with van der Waals surface area (Å²) >= 11 is 0. The van der Waals surface area contributed by atoms with Crippen molar-refractivity contribution < 1.29 is 2.85 Å². The largest absolute Gasteiger partial charge is 0.311 e. The molecule has 0 saturated heterocycles. The first-order valence-electron chi connectivity index (χ1n) is 31.0. The Balaban J connectivity index is 0.00000384. The molecule has 0 aliphatic heterocycles. The number of fused-ring (bicyclic) bond motifs is 4. The number of nitrogens with zero attached hydrogens (tertiary/aromatic N) is 3. The molecule has 0 saturated carbocycles. The van der Waals surface area contributed by atoms with Crippen molar-refractivity contribution in [3.8, 4) is 44.5 Å². The van der Waals surface area contributed by atoms with Crippen LogP contribution in [-0.2, 0) is 18.3 Å². The van der Waals surface area contributed by atoms with E-state index in [1.807, 2.05) is 0 Å². The SMILES string of the molecule is CCCCCCC1(CCCCCC)c2ccccc2-c2ccc(N(c3ccccc3)c3ccc(-c4ccc(N(c5ccc(-c6ccc(N(c7ccccc7)c7ccccc7)cc6)cc5)c5cccc(-c6ccc7c(c6)CC7)c5)cc4)cc3)cc21.[HH].[HH]. The topological polar surface area (TPSA) is 9.72 Å². The van der Waals surface area contributed by atoms with Crippen molar-refractivity contribution in [3.63, 3.8) is 0 Å². The lowest BCUT2D eigenvalue weighted by atomic mass is 9.70. The minimum atomic E-state index is 0. The molecule has 0 unspecified atom stereocenters. The van der Waals surface area contributed by atoms with Crippen LogP contribution >= 0.6 is 0 Å². The molecular formula is C81H79N3. The number of hydrogen-bond acceptors (Lipinski definition) is 3. The third-order valence-electron chi connectivity index (χ3n) is 17.9. The molecule has 13 rings (SSSR count). The fraction of sp³-hybridized carbons (Fsp3) is 0.185. The summed E-state index contributed by atoms with van der Waals surface area (Å²) in [5, 5.41) is 0. The number of hydrogen-bond donors (Lipinski definition) is 0. The van der Waals surface area contributed by atoms with E-state index in [2.05, 4.69) is 302 Å². The van der Waals surface area contributed by atoms with E-state index in [0.717, 1.165) is 51.9 Å². The third-order valence-corrected chi connectivity index (χ3v) is 17.9. The van der Waals surface area contributed by atoms with Crippen molar-refractivity contribution in [1.29, 1.82) is 0 Å². The zero-order valence-electron chi connectivity index (χ0n) is 48.8. The molecule has 418 valence electrons. The van der Waals surface area contributed by atoms with Crippen molar-refractivity contribution in [3.05, 3.63) is 295 Å². The second kappa shape index (κ2) is 24.7. The van der Waals surface area contributed by atoms with Gasteiger partial charge in [0, 0.05) is 59.5 Å². The fourth-order valence-corrected chi connectivity index (χ4v) is 13.4. The standard InChI is InChI=1S/C81H75N3.2H2/c1-3-5-7-20-55-81(56-21-8-6-4-2)79-32-19-18-31-77(79)78-54-53-76(59-80(78)81)83(70-28-16-11-17-29-70)72-47-39-61(40-48-72)63-43-51-74(52-44-63)84(75-30-22-23-65(58-75)67-36-34-64-33-35-66(64)57-67)73-49-41-62(42-50-73)60-37-45-71(46-38-60)82(68-24-12-9-13-25-68)69-26-14-10-15-27-69;;/h9-19,22-32,34,36-54,57-59H,3-8,20-21,33,35,55-56H2,1-2H3;2*1H. The van der Waals surface area contributed by atoms with Gasteiger partial charge in [-0.25, -0.2) is 0 Å². The van der Waals surface area contributed by atoms with E-state index in [9.17, 15) is 0 Å². The molecule has 3 nitrogen and oxygen atoms in total. The van der Waals surface area contributed by atoms with Gasteiger partial charge in [-0.3, -0.25) is 0 Å². The summed E-state index contributed by atoms with van der Waals surface area (Å²) in [6.45, 7) is 4.65. The van der Waals surface area contributed by atoms with Crippen LogP contribution in [0.25, 0.3) is 44.5 Å². The Morgan fingerprint density at radius 2 is 0.643 bits per heavy atom. The Morgan fingerprint density at radius 1 is 0.274 bits per heavy atom. The summed E-state index contributed by atoms with van der Waals surface area (Å²) in [4.78, 5) is 7.18. The summed E-state index contributed by atoms with van der Waals surface area (Å²) in [7, 11) is 0. The molecular weight excluding hydrogens is 1010 g/mol. The summed E-state index contributed by atoms with van der Waals surface area (Å²) in [6.07, 6.45) is 14.9. The van der Waals surface area contributed by atoms with Crippen molar-refractivity contribution in [2.24, 2.45) is 0 Å². The molecule has 0 N–H and O–H groups in total. The van der Waals surface area contributed by atoms with Crippen LogP contribution in [0.5, 0.6) is 0 Å². The van der Waals surface area contributed by atoms with Crippen LogP contribution in [0.1, 0.15) is 103 Å². The number of unbranched alkanes of at least 4 members (excludes halogenated alkanes) is 6. The van der Waals surface area contributed by atoms with Gasteiger partial charge < -0.3 is 14.7 Å². The number of rotatable bonds is 22. The molecule has 11 aromatic carbocycles. The number of aryl methyl sites for hydroxylation is 2. The van der Waals surface area contributed by atoms with E-state index in [-0.39, 0.29) is 8.27 Å². The molecule has 0 atom stereocenters. The first kappa shape index (κ1) is 54.1. The second-order valence-electron chi connectivity index (χ2n) is 23.2. The molecule has 3 heteroatoms. The van der Waals surface area contributed by atoms with Crippen LogP contribution in [0, 0.1) is 0 Å². The summed E-state index contributed by atoms with van der Waals surface area (Å²) < 4.78 is 0. The van der Waals surface area contributed by atoms with Crippen molar-refractivity contribution >= 4 is 51.2 Å². The van der Waals surface area contributed by atoms with Gasteiger partial charge in [0.1, 0.15) is 0 Å². The van der Waals surface area contributed by atoms with E-state index < -0.39 is 0 Å². The Bertz CT molecular complexity index is 3920. The minimum Gasteiger partial charge on any atom is -0.311 e. The molecule has 84 heavy (non-hydrogen) atoms. The zero-order chi connectivity index (χ0) is 56.7. The number of benzene rings is 11. The summed E-state index contributed by atoms with van der Waals surface area (Å²) in [6, 6.07) is 101. The normalized spacial score (nSPS) is 12.6. The van der Waals surface area contributed by atoms with E-state index in [1.165, 1.54) is 143 Å². The predicted molar refractivity (Wildman–Crippen MR) is 362 cm³/mol. The lowest BCUT2D eigenvalue weighted by Crippen LogP contribution is -2.26. The summed E-state index contributed by atoms with van der Waals surface area (Å²) in [5.41, 5.74) is 26.2. The van der Waals surface area contributed by atoms with Crippen molar-refractivity contribution in [2.45, 2.75) is 96.3 Å². The van der Waals surface area contributed by atoms with Gasteiger partial charge in [-0.1, -0.05) is 229 Å². The number of anilines is 9.